The third-order valence-corrected chi connectivity index (χ3v) is 5.30. The van der Waals surface area contributed by atoms with E-state index in [9.17, 15) is 4.79 Å². The summed E-state index contributed by atoms with van der Waals surface area (Å²) >= 11 is 3.00. The topological polar surface area (TPSA) is 68.0 Å². The van der Waals surface area contributed by atoms with E-state index >= 15 is 0 Å². The number of carbonyl (C=O) groups excluding carboxylic acids is 1. The van der Waals surface area contributed by atoms with Crippen molar-refractivity contribution in [3.8, 4) is 0 Å². The summed E-state index contributed by atoms with van der Waals surface area (Å²) in [7, 11) is 0. The van der Waals surface area contributed by atoms with E-state index in [1.165, 1.54) is 16.9 Å². The van der Waals surface area contributed by atoms with E-state index in [4.69, 9.17) is 4.42 Å². The normalized spacial score (nSPS) is 10.7. The molecule has 1 N–H and O–H groups in total. The zero-order chi connectivity index (χ0) is 16.8. The Labute approximate surface area is 148 Å². The minimum absolute atomic E-state index is 0.0835. The van der Waals surface area contributed by atoms with Crippen molar-refractivity contribution in [3.05, 3.63) is 59.5 Å². The first kappa shape index (κ1) is 16.7. The number of rotatable bonds is 7. The van der Waals surface area contributed by atoms with Crippen LogP contribution < -0.4 is 5.32 Å². The number of aryl methyl sites for hydroxylation is 2. The molecule has 1 amide bonds. The first-order valence-electron chi connectivity index (χ1n) is 7.54. The third-order valence-electron chi connectivity index (χ3n) is 3.25. The van der Waals surface area contributed by atoms with E-state index in [0.29, 0.717) is 18.0 Å². The lowest BCUT2D eigenvalue weighted by molar-refractivity contribution is -0.116. The molecule has 124 valence electrons. The van der Waals surface area contributed by atoms with Gasteiger partial charge in [0.05, 0.1) is 0 Å². The Hall–Kier alpha value is -2.12. The Morgan fingerprint density at radius 2 is 2.04 bits per heavy atom. The van der Waals surface area contributed by atoms with Gasteiger partial charge in [0.25, 0.3) is 0 Å². The molecule has 1 aromatic carbocycles. The lowest BCUT2D eigenvalue weighted by atomic mass is 10.2. The highest BCUT2D eigenvalue weighted by Crippen LogP contribution is 2.28. The maximum Gasteiger partial charge on any atom is 0.226 e. The second-order valence-corrected chi connectivity index (χ2v) is 7.41. The molecule has 2 aromatic heterocycles. The number of aromatic nitrogens is 2. The smallest absolute Gasteiger partial charge is 0.226 e. The summed E-state index contributed by atoms with van der Waals surface area (Å²) in [6.07, 6.45) is 0.938. The van der Waals surface area contributed by atoms with Gasteiger partial charge in [0, 0.05) is 18.6 Å². The third kappa shape index (κ3) is 4.94. The van der Waals surface area contributed by atoms with Gasteiger partial charge in [0.1, 0.15) is 11.5 Å². The molecule has 0 atom stereocenters. The lowest BCUT2D eigenvalue weighted by Crippen LogP contribution is -2.11. The molecule has 2 heterocycles. The number of benzene rings is 1. The van der Waals surface area contributed by atoms with E-state index in [-0.39, 0.29) is 5.91 Å². The fourth-order valence-electron chi connectivity index (χ4n) is 2.08. The van der Waals surface area contributed by atoms with Crippen molar-refractivity contribution in [3.63, 3.8) is 0 Å². The molecule has 3 aromatic rings. The molecule has 0 spiro atoms. The fraction of sp³-hybridized carbons (Fsp3) is 0.235. The van der Waals surface area contributed by atoms with Crippen molar-refractivity contribution in [1.29, 1.82) is 0 Å². The largest absolute Gasteiger partial charge is 0.466 e. The summed E-state index contributed by atoms with van der Waals surface area (Å²) in [6.45, 7) is 1.89. The molecule has 0 fully saturated rings. The predicted molar refractivity (Wildman–Crippen MR) is 96.3 cm³/mol. The minimum atomic E-state index is -0.0835. The average molecular weight is 359 g/mol. The summed E-state index contributed by atoms with van der Waals surface area (Å²) in [5, 5.41) is 11.4. The fourth-order valence-corrected chi connectivity index (χ4v) is 3.80. The highest BCUT2D eigenvalue weighted by atomic mass is 32.2. The van der Waals surface area contributed by atoms with Gasteiger partial charge < -0.3 is 9.73 Å². The van der Waals surface area contributed by atoms with E-state index in [1.54, 1.807) is 11.8 Å². The van der Waals surface area contributed by atoms with E-state index < -0.39 is 0 Å². The number of nitrogens with one attached hydrogen (secondary N) is 1. The van der Waals surface area contributed by atoms with Gasteiger partial charge in [0.2, 0.25) is 11.0 Å². The monoisotopic (exact) mass is 359 g/mol. The van der Waals surface area contributed by atoms with E-state index in [0.717, 1.165) is 21.6 Å². The second-order valence-electron chi connectivity index (χ2n) is 5.21. The van der Waals surface area contributed by atoms with Crippen molar-refractivity contribution in [2.24, 2.45) is 0 Å². The van der Waals surface area contributed by atoms with Crippen molar-refractivity contribution in [2.45, 2.75) is 29.9 Å². The predicted octanol–water partition coefficient (Wildman–Crippen LogP) is 4.30. The van der Waals surface area contributed by atoms with Gasteiger partial charge in [-0.2, -0.15) is 0 Å². The Kier molecular flexibility index (Phi) is 5.66. The number of hydrogen-bond donors (Lipinski definition) is 1. The van der Waals surface area contributed by atoms with Gasteiger partial charge in [-0.15, -0.1) is 10.2 Å². The highest BCUT2D eigenvalue weighted by molar-refractivity contribution is 8.00. The van der Waals surface area contributed by atoms with Crippen LogP contribution in [0.1, 0.15) is 23.5 Å². The Morgan fingerprint density at radius 1 is 1.21 bits per heavy atom. The van der Waals surface area contributed by atoms with Crippen LogP contribution in [-0.4, -0.2) is 16.1 Å². The lowest BCUT2D eigenvalue weighted by Gasteiger charge is -1.99. The molecule has 0 saturated carbocycles. The Bertz CT molecular complexity index is 799. The molecule has 0 radical (unpaired) electrons. The quantitative estimate of drug-likeness (QED) is 0.503. The molecular weight excluding hydrogens is 342 g/mol. The molecule has 3 rings (SSSR count). The van der Waals surface area contributed by atoms with Gasteiger partial charge in [-0.3, -0.25) is 4.79 Å². The van der Waals surface area contributed by atoms with Crippen molar-refractivity contribution >= 4 is 34.1 Å². The van der Waals surface area contributed by atoms with Gasteiger partial charge >= 0.3 is 0 Å². The van der Waals surface area contributed by atoms with Crippen molar-refractivity contribution in [2.75, 3.05) is 5.32 Å². The van der Waals surface area contributed by atoms with Crippen LogP contribution in [0.2, 0.25) is 0 Å². The zero-order valence-electron chi connectivity index (χ0n) is 13.2. The van der Waals surface area contributed by atoms with Crippen LogP contribution in [-0.2, 0) is 17.0 Å². The van der Waals surface area contributed by atoms with E-state index in [2.05, 4.69) is 27.6 Å². The molecular formula is C17H17N3O2S2. The first-order chi connectivity index (χ1) is 11.7. The molecule has 5 nitrogen and oxygen atoms in total. The highest BCUT2D eigenvalue weighted by Gasteiger charge is 2.10. The van der Waals surface area contributed by atoms with Gasteiger partial charge in [-0.05, 0) is 24.6 Å². The van der Waals surface area contributed by atoms with Crippen LogP contribution in [0.15, 0.2) is 51.2 Å². The van der Waals surface area contributed by atoms with E-state index in [1.807, 2.05) is 37.3 Å². The average Bonchev–Trinajstić information content (AvgIpc) is 3.21. The molecule has 7 heteroatoms. The first-order valence-corrected chi connectivity index (χ1v) is 9.34. The maximum absolute atomic E-state index is 12.0. The molecule has 24 heavy (non-hydrogen) atoms. The van der Waals surface area contributed by atoms with Crippen molar-refractivity contribution in [1.82, 2.24) is 10.2 Å². The number of nitrogens with zero attached hydrogens (tertiary/aromatic N) is 2. The Morgan fingerprint density at radius 3 is 2.79 bits per heavy atom. The van der Waals surface area contributed by atoms with Gasteiger partial charge in [0.15, 0.2) is 4.34 Å². The summed E-state index contributed by atoms with van der Waals surface area (Å²) in [5.41, 5.74) is 1.23. The van der Waals surface area contributed by atoms with Crippen LogP contribution >= 0.6 is 23.1 Å². The summed E-state index contributed by atoms with van der Waals surface area (Å²) < 4.78 is 6.30. The number of anilines is 1. The molecule has 0 aliphatic carbocycles. The van der Waals surface area contributed by atoms with Gasteiger partial charge in [-0.25, -0.2) is 0 Å². The van der Waals surface area contributed by atoms with Crippen LogP contribution in [0.5, 0.6) is 0 Å². The summed E-state index contributed by atoms with van der Waals surface area (Å²) in [4.78, 5) is 12.0. The van der Waals surface area contributed by atoms with Crippen LogP contribution in [0.4, 0.5) is 5.13 Å². The van der Waals surface area contributed by atoms with Gasteiger partial charge in [-0.1, -0.05) is 53.4 Å². The van der Waals surface area contributed by atoms with Crippen LogP contribution in [0.25, 0.3) is 0 Å². The number of amides is 1. The molecule has 0 unspecified atom stereocenters. The summed E-state index contributed by atoms with van der Waals surface area (Å²) in [6, 6.07) is 14.0. The van der Waals surface area contributed by atoms with Crippen LogP contribution in [0, 0.1) is 6.92 Å². The SMILES string of the molecule is Cc1ccc(CCC(=O)Nc2nnc(SCc3ccccc3)s2)o1. The number of thioether (sulfide) groups is 1. The van der Waals surface area contributed by atoms with Crippen LogP contribution in [0.3, 0.4) is 0 Å². The number of hydrogen-bond acceptors (Lipinski definition) is 6. The molecule has 0 aliphatic rings. The number of carbonyl (C=O) groups is 1. The maximum atomic E-state index is 12.0. The molecule has 0 bridgehead atoms. The molecule has 0 aliphatic heterocycles. The second kappa shape index (κ2) is 8.12. The zero-order valence-corrected chi connectivity index (χ0v) is 14.8. The minimum Gasteiger partial charge on any atom is -0.466 e. The summed E-state index contributed by atoms with van der Waals surface area (Å²) in [5.74, 6) is 2.43. The molecule has 0 saturated heterocycles. The Balaban J connectivity index is 1.45. The number of furan rings is 1. The standard InChI is InChI=1S/C17H17N3O2S2/c1-12-7-8-14(22-12)9-10-15(21)18-16-19-20-17(24-16)23-11-13-5-3-2-4-6-13/h2-8H,9-11H2,1H3,(H,18,19,21). The van der Waals surface area contributed by atoms with Crippen molar-refractivity contribution < 1.29 is 9.21 Å².